The molecule has 1 fully saturated rings. The summed E-state index contributed by atoms with van der Waals surface area (Å²) in [5.74, 6) is -5.04. The lowest BCUT2D eigenvalue weighted by Gasteiger charge is -2.44. The van der Waals surface area contributed by atoms with E-state index in [1.54, 1.807) is 13.8 Å². The maximum atomic E-state index is 13.5. The molecule has 7 atom stereocenters. The number of carbonyl (C=O) groups excluding carboxylic acids is 2. The molecule has 12 heteroatoms. The van der Waals surface area contributed by atoms with Crippen molar-refractivity contribution in [1.29, 1.82) is 0 Å². The third-order valence-corrected chi connectivity index (χ3v) is 7.92. The van der Waals surface area contributed by atoms with Gasteiger partial charge in [0.15, 0.2) is 6.29 Å². The Morgan fingerprint density at radius 1 is 0.974 bits per heavy atom. The van der Waals surface area contributed by atoms with Gasteiger partial charge in [-0.25, -0.2) is 0 Å². The molecule has 2 aromatic rings. The summed E-state index contributed by atoms with van der Waals surface area (Å²) in [6, 6.07) is 1.30. The fourth-order valence-electron chi connectivity index (χ4n) is 5.71. The Morgan fingerprint density at radius 3 is 2.00 bits per heavy atom. The first kappa shape index (κ1) is 26.4. The van der Waals surface area contributed by atoms with E-state index in [1.165, 1.54) is 0 Å². The number of carbonyl (C=O) groups is 2. The molecule has 0 amide bonds. The molecule has 2 aliphatic carbocycles. The molecule has 9 N–H and O–H groups in total. The molecule has 12 nitrogen and oxygen atoms in total. The summed E-state index contributed by atoms with van der Waals surface area (Å²) in [5, 5.41) is 75.7. The van der Waals surface area contributed by atoms with Gasteiger partial charge >= 0.3 is 0 Å². The van der Waals surface area contributed by atoms with Gasteiger partial charge in [-0.3, -0.25) is 9.59 Å². The molecule has 0 radical (unpaired) electrons. The molecule has 38 heavy (non-hydrogen) atoms. The number of benzene rings is 2. The first-order chi connectivity index (χ1) is 17.8. The monoisotopic (exact) mass is 531 g/mol. The van der Waals surface area contributed by atoms with E-state index in [1.807, 2.05) is 0 Å². The van der Waals surface area contributed by atoms with E-state index >= 15 is 0 Å². The highest BCUT2D eigenvalue weighted by Crippen LogP contribution is 2.56. The summed E-state index contributed by atoms with van der Waals surface area (Å²) >= 11 is 0. The van der Waals surface area contributed by atoms with E-state index in [9.17, 15) is 45.3 Å². The van der Waals surface area contributed by atoms with Gasteiger partial charge in [0.1, 0.15) is 29.1 Å². The van der Waals surface area contributed by atoms with Crippen molar-refractivity contribution in [2.75, 3.05) is 0 Å². The van der Waals surface area contributed by atoms with Gasteiger partial charge in [-0.05, 0) is 25.5 Å². The Kier molecular flexibility index (Phi) is 6.17. The zero-order valence-electron chi connectivity index (χ0n) is 20.6. The van der Waals surface area contributed by atoms with Gasteiger partial charge in [0.2, 0.25) is 11.6 Å². The van der Waals surface area contributed by atoms with E-state index < -0.39 is 105 Å². The Labute approximate surface area is 216 Å². The number of hydrogen-bond acceptors (Lipinski definition) is 12. The van der Waals surface area contributed by atoms with E-state index in [0.717, 1.165) is 12.1 Å². The van der Waals surface area contributed by atoms with Gasteiger partial charge in [-0.1, -0.05) is 6.92 Å². The van der Waals surface area contributed by atoms with Gasteiger partial charge in [0.25, 0.3) is 0 Å². The van der Waals surface area contributed by atoms with E-state index in [4.69, 9.17) is 15.2 Å². The van der Waals surface area contributed by atoms with Crippen molar-refractivity contribution >= 4 is 11.6 Å². The number of fused-ring (bicyclic) bond motifs is 3. The summed E-state index contributed by atoms with van der Waals surface area (Å²) < 4.78 is 11.7. The van der Waals surface area contributed by atoms with Crippen LogP contribution in [0.15, 0.2) is 12.1 Å². The molecule has 1 saturated heterocycles. The molecule has 0 saturated carbocycles. The maximum Gasteiger partial charge on any atom is 0.202 e. The first-order valence-electron chi connectivity index (χ1n) is 12.2. The molecule has 1 heterocycles. The number of nitrogens with two attached hydrogens (primary N) is 1. The van der Waals surface area contributed by atoms with Crippen LogP contribution in [-0.2, 0) is 9.47 Å². The van der Waals surface area contributed by atoms with E-state index in [2.05, 4.69) is 0 Å². The summed E-state index contributed by atoms with van der Waals surface area (Å²) in [7, 11) is 0. The SMILES string of the molecule is CCC1(O)CC(OC2CC(N)C(O)C(C)O2)c2c(O)c3c(c(O)c2C1O)C(=O)c1c(O)ccc(O)c1C3=O. The summed E-state index contributed by atoms with van der Waals surface area (Å²) in [4.78, 5) is 26.9. The van der Waals surface area contributed by atoms with E-state index in [0.29, 0.717) is 0 Å². The van der Waals surface area contributed by atoms with Crippen molar-refractivity contribution < 1.29 is 54.8 Å². The van der Waals surface area contributed by atoms with Gasteiger partial charge in [0.05, 0.1) is 46.2 Å². The van der Waals surface area contributed by atoms with Gasteiger partial charge in [-0.2, -0.15) is 0 Å². The van der Waals surface area contributed by atoms with Crippen LogP contribution in [0.1, 0.15) is 88.3 Å². The number of hydrogen-bond donors (Lipinski definition) is 8. The number of aliphatic hydroxyl groups excluding tert-OH is 2. The van der Waals surface area contributed by atoms with Crippen molar-refractivity contribution in [2.24, 2.45) is 5.73 Å². The maximum absolute atomic E-state index is 13.5. The molecule has 3 aliphatic rings. The lowest BCUT2D eigenvalue weighted by Crippen LogP contribution is -2.52. The minimum atomic E-state index is -1.88. The smallest absolute Gasteiger partial charge is 0.202 e. The molecule has 2 aromatic carbocycles. The average Bonchev–Trinajstić information content (AvgIpc) is 2.86. The number of phenolic OH excluding ortho intramolecular Hbond substituents is 4. The van der Waals surface area contributed by atoms with Crippen LogP contribution in [0.3, 0.4) is 0 Å². The fourth-order valence-corrected chi connectivity index (χ4v) is 5.71. The van der Waals surface area contributed by atoms with Gasteiger partial charge in [0, 0.05) is 30.0 Å². The van der Waals surface area contributed by atoms with Crippen molar-refractivity contribution in [1.82, 2.24) is 0 Å². The number of aliphatic hydroxyl groups is 3. The minimum absolute atomic E-state index is 0.0186. The van der Waals surface area contributed by atoms with Crippen molar-refractivity contribution in [2.45, 2.75) is 75.5 Å². The van der Waals surface area contributed by atoms with Crippen molar-refractivity contribution in [3.8, 4) is 23.0 Å². The molecule has 7 unspecified atom stereocenters. The predicted octanol–water partition coefficient (Wildman–Crippen LogP) is 0.743. The quantitative estimate of drug-likeness (QED) is 0.219. The fraction of sp³-hybridized carbons (Fsp3) is 0.462. The molecular formula is C26H29NO11. The van der Waals surface area contributed by atoms with Crippen LogP contribution in [0.5, 0.6) is 23.0 Å². The van der Waals surface area contributed by atoms with Gasteiger partial charge in [-0.15, -0.1) is 0 Å². The molecule has 1 aliphatic heterocycles. The zero-order chi connectivity index (χ0) is 27.8. The molecule has 0 bridgehead atoms. The Hall–Kier alpha value is -3.26. The third kappa shape index (κ3) is 3.60. The third-order valence-electron chi connectivity index (χ3n) is 7.92. The van der Waals surface area contributed by atoms with Crippen LogP contribution < -0.4 is 5.73 Å². The highest BCUT2D eigenvalue weighted by Gasteiger charge is 2.51. The number of ether oxygens (including phenoxy) is 2. The summed E-state index contributed by atoms with van der Waals surface area (Å²) in [6.07, 6.45) is -6.00. The Morgan fingerprint density at radius 2 is 1.50 bits per heavy atom. The number of rotatable bonds is 3. The van der Waals surface area contributed by atoms with Crippen LogP contribution in [0.4, 0.5) is 0 Å². The minimum Gasteiger partial charge on any atom is -0.507 e. The Bertz CT molecular complexity index is 1350. The molecule has 5 rings (SSSR count). The Balaban J connectivity index is 1.71. The lowest BCUT2D eigenvalue weighted by atomic mass is 9.70. The largest absolute Gasteiger partial charge is 0.507 e. The van der Waals surface area contributed by atoms with Crippen LogP contribution in [-0.4, -0.2) is 77.5 Å². The summed E-state index contributed by atoms with van der Waals surface area (Å²) in [5.41, 5.74) is 0.996. The highest BCUT2D eigenvalue weighted by molar-refractivity contribution is 6.32. The molecule has 0 spiro atoms. The average molecular weight is 532 g/mol. The van der Waals surface area contributed by atoms with Gasteiger partial charge < -0.3 is 51.0 Å². The van der Waals surface area contributed by atoms with Crippen LogP contribution in [0.2, 0.25) is 0 Å². The van der Waals surface area contributed by atoms with Crippen molar-refractivity contribution in [3.63, 3.8) is 0 Å². The van der Waals surface area contributed by atoms with Crippen LogP contribution >= 0.6 is 0 Å². The number of ketones is 2. The molecule has 204 valence electrons. The lowest BCUT2D eigenvalue weighted by molar-refractivity contribution is -0.252. The topological polar surface area (TPSA) is 220 Å². The number of phenols is 4. The van der Waals surface area contributed by atoms with Crippen LogP contribution in [0.25, 0.3) is 0 Å². The second kappa shape index (κ2) is 8.90. The van der Waals surface area contributed by atoms with E-state index in [-0.39, 0.29) is 24.8 Å². The van der Waals surface area contributed by atoms with Crippen LogP contribution in [0, 0.1) is 0 Å². The second-order valence-electron chi connectivity index (χ2n) is 10.1. The molecule has 0 aromatic heterocycles. The zero-order valence-corrected chi connectivity index (χ0v) is 20.6. The molecular weight excluding hydrogens is 502 g/mol. The predicted molar refractivity (Wildman–Crippen MR) is 128 cm³/mol. The van der Waals surface area contributed by atoms with Crippen molar-refractivity contribution in [3.05, 3.63) is 45.5 Å². The highest BCUT2D eigenvalue weighted by atomic mass is 16.7. The standard InChI is InChI=1S/C26H29NO11/c1-3-26(36)7-12(38-13-6-9(27)20(30)8(2)37-13)16-19(25(26)35)24(34)18-17(23(16)33)21(31)14-10(28)4-5-11(29)15(14)22(18)32/h4-5,8-9,12-13,20,25,28-30,33-36H,3,6-7,27H2,1-2H3. The normalized spacial score (nSPS) is 32.5. The summed E-state index contributed by atoms with van der Waals surface area (Å²) in [6.45, 7) is 3.17. The first-order valence-corrected chi connectivity index (χ1v) is 12.2. The number of aromatic hydroxyl groups is 4. The second-order valence-corrected chi connectivity index (χ2v) is 10.1.